The Kier molecular flexibility index (Phi) is 4.76. The van der Waals surface area contributed by atoms with Gasteiger partial charge < -0.3 is 0 Å². The van der Waals surface area contributed by atoms with E-state index >= 15 is 0 Å². The van der Waals surface area contributed by atoms with Crippen molar-refractivity contribution in [3.63, 3.8) is 0 Å². The first kappa shape index (κ1) is 16.8. The number of nitrogens with one attached hydrogen (secondary N) is 1. The summed E-state index contributed by atoms with van der Waals surface area (Å²) in [4.78, 5) is 19.0. The molecule has 3 rings (SSSR count). The third kappa shape index (κ3) is 3.54. The molecule has 1 aromatic carbocycles. The molecule has 0 radical (unpaired) electrons. The molecule has 0 atom stereocenters. The molecule has 2 aromatic rings. The topological polar surface area (TPSA) is 79.4 Å². The molecule has 1 fully saturated rings. The molecule has 0 unspecified atom stereocenters. The minimum absolute atomic E-state index is 0.0529. The van der Waals surface area contributed by atoms with Gasteiger partial charge in [-0.3, -0.25) is 9.78 Å². The number of carbonyl (C=O) groups is 1. The summed E-state index contributed by atoms with van der Waals surface area (Å²) in [6.07, 6.45) is 4.84. The van der Waals surface area contributed by atoms with Gasteiger partial charge in [0.15, 0.2) is 4.32 Å². The van der Waals surface area contributed by atoms with Crippen molar-refractivity contribution in [3.05, 3.63) is 65.3 Å². The van der Waals surface area contributed by atoms with Crippen molar-refractivity contribution in [2.75, 3.05) is 0 Å². The molecule has 1 N–H and O–H groups in total. The van der Waals surface area contributed by atoms with E-state index in [1.165, 1.54) is 12.1 Å². The van der Waals surface area contributed by atoms with Crippen molar-refractivity contribution in [2.24, 2.45) is 0 Å². The van der Waals surface area contributed by atoms with Crippen LogP contribution >= 0.6 is 24.0 Å². The van der Waals surface area contributed by atoms with Crippen LogP contribution in [0.25, 0.3) is 6.08 Å². The Hall–Kier alpha value is -2.07. The molecule has 1 saturated heterocycles. The van der Waals surface area contributed by atoms with Gasteiger partial charge in [-0.05, 0) is 35.9 Å². The average molecular weight is 377 g/mol. The molecule has 122 valence electrons. The molecular weight excluding hydrogens is 366 g/mol. The number of thiocarbonyl (C=S) groups is 1. The Bertz CT molecular complexity index is 913. The lowest BCUT2D eigenvalue weighted by Gasteiger charge is -2.15. The summed E-state index contributed by atoms with van der Waals surface area (Å²) in [5, 5.41) is 0.870. The summed E-state index contributed by atoms with van der Waals surface area (Å²) in [5.41, 5.74) is 0.774. The first-order valence-corrected chi connectivity index (χ1v) is 9.44. The Labute approximate surface area is 148 Å². The number of thioether (sulfide) groups is 1. The summed E-state index contributed by atoms with van der Waals surface area (Å²) in [6, 6.07) is 11.3. The molecule has 1 aliphatic heterocycles. The van der Waals surface area contributed by atoms with Gasteiger partial charge in [0.1, 0.15) is 0 Å². The number of hydrazine groups is 1. The summed E-state index contributed by atoms with van der Waals surface area (Å²) < 4.78 is 24.8. The highest BCUT2D eigenvalue weighted by atomic mass is 32.2. The van der Waals surface area contributed by atoms with Crippen LogP contribution in [0.5, 0.6) is 0 Å². The second-order valence-corrected chi connectivity index (χ2v) is 8.04. The highest BCUT2D eigenvalue weighted by Gasteiger charge is 2.35. The van der Waals surface area contributed by atoms with Crippen LogP contribution in [-0.2, 0) is 14.8 Å². The Balaban J connectivity index is 1.84. The number of sulfonamides is 1. The predicted octanol–water partition coefficient (Wildman–Crippen LogP) is 2.18. The molecule has 1 amide bonds. The molecule has 1 aliphatic rings. The van der Waals surface area contributed by atoms with Gasteiger partial charge in [-0.15, -0.1) is 4.83 Å². The van der Waals surface area contributed by atoms with Crippen molar-refractivity contribution in [3.8, 4) is 0 Å². The van der Waals surface area contributed by atoms with Crippen LogP contribution in [0.1, 0.15) is 5.56 Å². The largest absolute Gasteiger partial charge is 0.281 e. The lowest BCUT2D eigenvalue weighted by atomic mass is 10.2. The van der Waals surface area contributed by atoms with Gasteiger partial charge in [0, 0.05) is 12.4 Å². The lowest BCUT2D eigenvalue weighted by molar-refractivity contribution is -0.123. The number of pyridine rings is 1. The van der Waals surface area contributed by atoms with Crippen molar-refractivity contribution < 1.29 is 13.2 Å². The fraction of sp³-hybridized carbons (Fsp3) is 0. The number of benzene rings is 1. The van der Waals surface area contributed by atoms with Crippen LogP contribution in [-0.4, -0.2) is 28.6 Å². The van der Waals surface area contributed by atoms with Crippen LogP contribution in [0, 0.1) is 0 Å². The maximum atomic E-state index is 12.4. The normalized spacial score (nSPS) is 16.8. The molecule has 0 bridgehead atoms. The monoisotopic (exact) mass is 377 g/mol. The van der Waals surface area contributed by atoms with Gasteiger partial charge in [0.2, 0.25) is 0 Å². The smallest absolute Gasteiger partial charge is 0.267 e. The maximum Gasteiger partial charge on any atom is 0.281 e. The van der Waals surface area contributed by atoms with Crippen LogP contribution in [0.15, 0.2) is 64.7 Å². The Morgan fingerprint density at radius 3 is 2.46 bits per heavy atom. The number of nitrogens with zero attached hydrogens (tertiary/aromatic N) is 2. The summed E-state index contributed by atoms with van der Waals surface area (Å²) in [6.45, 7) is 0. The molecule has 0 spiro atoms. The number of amides is 1. The molecule has 24 heavy (non-hydrogen) atoms. The lowest BCUT2D eigenvalue weighted by Crippen LogP contribution is -2.44. The first-order chi connectivity index (χ1) is 11.5. The SMILES string of the molecule is O=C1/C(=C/c2ccncc2)SC(=S)N1NS(=O)(=O)c1ccccc1. The quantitative estimate of drug-likeness (QED) is 0.650. The fourth-order valence-corrected chi connectivity index (χ4v) is 4.26. The van der Waals surface area contributed by atoms with Crippen molar-refractivity contribution in [2.45, 2.75) is 4.90 Å². The molecule has 6 nitrogen and oxygen atoms in total. The fourth-order valence-electron chi connectivity index (χ4n) is 1.93. The van der Waals surface area contributed by atoms with Crippen LogP contribution in [0.4, 0.5) is 0 Å². The first-order valence-electron chi connectivity index (χ1n) is 6.73. The minimum atomic E-state index is -3.89. The standard InChI is InChI=1S/C15H11N3O3S3/c19-14-13(10-11-6-8-16-9-7-11)23-15(22)18(14)17-24(20,21)12-4-2-1-3-5-12/h1-10,17H/b13-10-. The molecule has 0 aliphatic carbocycles. The van der Waals surface area contributed by atoms with Gasteiger partial charge in [0.05, 0.1) is 9.80 Å². The summed E-state index contributed by atoms with van der Waals surface area (Å²) in [7, 11) is -3.89. The van der Waals surface area contributed by atoms with Gasteiger partial charge in [-0.2, -0.15) is 0 Å². The van der Waals surface area contributed by atoms with Gasteiger partial charge >= 0.3 is 0 Å². The molecule has 2 heterocycles. The molecule has 1 aromatic heterocycles. The summed E-state index contributed by atoms with van der Waals surface area (Å²) in [5.74, 6) is -0.513. The van der Waals surface area contributed by atoms with Crippen LogP contribution < -0.4 is 4.83 Å². The second kappa shape index (κ2) is 6.81. The minimum Gasteiger partial charge on any atom is -0.267 e. The van der Waals surface area contributed by atoms with Gasteiger partial charge in [-0.1, -0.05) is 42.2 Å². The predicted molar refractivity (Wildman–Crippen MR) is 96.0 cm³/mol. The molecule has 9 heteroatoms. The van der Waals surface area contributed by atoms with E-state index in [0.717, 1.165) is 22.3 Å². The number of hydrogen-bond acceptors (Lipinski definition) is 6. The van der Waals surface area contributed by atoms with Gasteiger partial charge in [-0.25, -0.2) is 13.4 Å². The van der Waals surface area contributed by atoms with E-state index in [4.69, 9.17) is 12.2 Å². The third-order valence-electron chi connectivity index (χ3n) is 3.06. The summed E-state index contributed by atoms with van der Waals surface area (Å²) >= 11 is 6.15. The van der Waals surface area contributed by atoms with Crippen molar-refractivity contribution >= 4 is 50.3 Å². The van der Waals surface area contributed by atoms with Crippen LogP contribution in [0.3, 0.4) is 0 Å². The number of rotatable bonds is 4. The second-order valence-electron chi connectivity index (χ2n) is 4.71. The van der Waals surface area contributed by atoms with E-state index < -0.39 is 15.9 Å². The van der Waals surface area contributed by atoms with E-state index in [9.17, 15) is 13.2 Å². The molecule has 0 saturated carbocycles. The zero-order valence-electron chi connectivity index (χ0n) is 12.1. The van der Waals surface area contributed by atoms with E-state index in [-0.39, 0.29) is 9.22 Å². The number of carbonyl (C=O) groups excluding carboxylic acids is 1. The zero-order valence-corrected chi connectivity index (χ0v) is 14.6. The van der Waals surface area contributed by atoms with Crippen LogP contribution in [0.2, 0.25) is 0 Å². The molecular formula is C15H11N3O3S3. The highest BCUT2D eigenvalue weighted by molar-refractivity contribution is 8.26. The highest BCUT2D eigenvalue weighted by Crippen LogP contribution is 2.31. The maximum absolute atomic E-state index is 12.4. The Morgan fingerprint density at radius 1 is 1.12 bits per heavy atom. The van der Waals surface area contributed by atoms with E-state index in [1.54, 1.807) is 48.8 Å². The third-order valence-corrected chi connectivity index (χ3v) is 5.68. The Morgan fingerprint density at radius 2 is 1.79 bits per heavy atom. The average Bonchev–Trinajstić information content (AvgIpc) is 2.84. The van der Waals surface area contributed by atoms with Gasteiger partial charge in [0.25, 0.3) is 15.9 Å². The number of hydrogen-bond donors (Lipinski definition) is 1. The van der Waals surface area contributed by atoms with Crippen molar-refractivity contribution in [1.82, 2.24) is 14.8 Å². The number of aromatic nitrogens is 1. The van der Waals surface area contributed by atoms with E-state index in [0.29, 0.717) is 4.91 Å². The van der Waals surface area contributed by atoms with E-state index in [2.05, 4.69) is 9.82 Å². The van der Waals surface area contributed by atoms with Crippen molar-refractivity contribution in [1.29, 1.82) is 0 Å². The van der Waals surface area contributed by atoms with E-state index in [1.807, 2.05) is 0 Å². The zero-order chi connectivity index (χ0) is 17.2.